The summed E-state index contributed by atoms with van der Waals surface area (Å²) in [6.45, 7) is 9.28. The van der Waals surface area contributed by atoms with E-state index in [-0.39, 0.29) is 5.60 Å². The number of allylic oxidation sites excluding steroid dienone is 1. The lowest BCUT2D eigenvalue weighted by atomic mass is 9.66. The average Bonchev–Trinajstić information content (AvgIpc) is 2.46. The highest BCUT2D eigenvalue weighted by Crippen LogP contribution is 2.50. The highest BCUT2D eigenvalue weighted by Gasteiger charge is 2.43. The van der Waals surface area contributed by atoms with Crippen LogP contribution in [-0.2, 0) is 0 Å². The molecule has 1 saturated carbocycles. The van der Waals surface area contributed by atoms with Gasteiger partial charge in [0, 0.05) is 16.5 Å². The van der Waals surface area contributed by atoms with E-state index in [1.165, 1.54) is 36.8 Å². The van der Waals surface area contributed by atoms with Crippen LogP contribution in [0.3, 0.4) is 0 Å². The van der Waals surface area contributed by atoms with Crippen molar-refractivity contribution in [3.8, 4) is 5.75 Å². The van der Waals surface area contributed by atoms with Gasteiger partial charge in [-0.1, -0.05) is 42.8 Å². The van der Waals surface area contributed by atoms with Crippen LogP contribution in [0.5, 0.6) is 5.75 Å². The molecule has 0 atom stereocenters. The number of hydrogen-bond acceptors (Lipinski definition) is 1. The summed E-state index contributed by atoms with van der Waals surface area (Å²) in [6, 6.07) is 6.41. The van der Waals surface area contributed by atoms with Crippen LogP contribution in [-0.4, -0.2) is 5.60 Å². The van der Waals surface area contributed by atoms with Gasteiger partial charge in [0.2, 0.25) is 0 Å². The van der Waals surface area contributed by atoms with Crippen LogP contribution in [0, 0.1) is 11.3 Å². The van der Waals surface area contributed by atoms with E-state index in [0.717, 1.165) is 22.6 Å². The summed E-state index contributed by atoms with van der Waals surface area (Å²) < 4.78 is 7.67. The van der Waals surface area contributed by atoms with E-state index in [1.54, 1.807) is 0 Å². The first-order valence-electron chi connectivity index (χ1n) is 8.47. The van der Waals surface area contributed by atoms with Crippen LogP contribution in [0.4, 0.5) is 0 Å². The molecule has 1 aromatic rings. The molecule has 2 aliphatic rings. The largest absolute Gasteiger partial charge is 0.486 e. The first-order chi connectivity index (χ1) is 10.3. The van der Waals surface area contributed by atoms with Crippen molar-refractivity contribution in [3.05, 3.63) is 34.3 Å². The Kier molecular flexibility index (Phi) is 4.18. The molecule has 1 aliphatic heterocycles. The molecular weight excluding hydrogens is 336 g/mol. The Balaban J connectivity index is 1.85. The number of ether oxygens (including phenoxy) is 1. The molecule has 22 heavy (non-hydrogen) atoms. The monoisotopic (exact) mass is 362 g/mol. The maximum atomic E-state index is 6.55. The molecule has 0 saturated heterocycles. The van der Waals surface area contributed by atoms with Gasteiger partial charge in [-0.15, -0.1) is 0 Å². The van der Waals surface area contributed by atoms with Gasteiger partial charge in [-0.3, -0.25) is 0 Å². The maximum Gasteiger partial charge on any atom is 0.127 e. The molecule has 0 amide bonds. The van der Waals surface area contributed by atoms with E-state index in [1.807, 2.05) is 0 Å². The number of benzene rings is 1. The minimum Gasteiger partial charge on any atom is -0.486 e. The van der Waals surface area contributed by atoms with Crippen LogP contribution in [0.2, 0.25) is 0 Å². The zero-order valence-corrected chi connectivity index (χ0v) is 15.8. The summed E-state index contributed by atoms with van der Waals surface area (Å²) >= 11 is 3.58. The van der Waals surface area contributed by atoms with Crippen molar-refractivity contribution in [1.82, 2.24) is 0 Å². The van der Waals surface area contributed by atoms with Gasteiger partial charge in [-0.05, 0) is 67.7 Å². The van der Waals surface area contributed by atoms with Crippen LogP contribution < -0.4 is 4.74 Å². The van der Waals surface area contributed by atoms with Crippen molar-refractivity contribution in [1.29, 1.82) is 0 Å². The Morgan fingerprint density at radius 2 is 1.91 bits per heavy atom. The highest BCUT2D eigenvalue weighted by atomic mass is 79.9. The van der Waals surface area contributed by atoms with E-state index >= 15 is 0 Å². The number of rotatable bonds is 0. The third-order valence-corrected chi connectivity index (χ3v) is 6.09. The van der Waals surface area contributed by atoms with E-state index in [4.69, 9.17) is 4.74 Å². The van der Waals surface area contributed by atoms with Crippen molar-refractivity contribution in [2.24, 2.45) is 11.3 Å². The van der Waals surface area contributed by atoms with Gasteiger partial charge in [0.05, 0.1) is 0 Å². The zero-order valence-electron chi connectivity index (χ0n) is 14.2. The van der Waals surface area contributed by atoms with Crippen molar-refractivity contribution < 1.29 is 4.74 Å². The van der Waals surface area contributed by atoms with Gasteiger partial charge in [0.1, 0.15) is 11.4 Å². The van der Waals surface area contributed by atoms with Crippen LogP contribution in [0.1, 0.15) is 65.4 Å². The minimum atomic E-state index is 0.0322. The molecular formula is C20H27BrO. The summed E-state index contributed by atoms with van der Waals surface area (Å²) in [4.78, 5) is 0. The van der Waals surface area contributed by atoms with E-state index in [0.29, 0.717) is 5.41 Å². The Morgan fingerprint density at radius 3 is 2.50 bits per heavy atom. The van der Waals surface area contributed by atoms with Crippen LogP contribution in [0.15, 0.2) is 28.7 Å². The standard InChI is InChI=1S/C20H27BrO/c1-5-14-13-20(10-8-15(9-11-20)19(2,3)4)22-18-7-6-16(21)12-17(14)18/h5-7,12,15H,8-11,13H2,1-4H3. The highest BCUT2D eigenvalue weighted by molar-refractivity contribution is 9.10. The van der Waals surface area contributed by atoms with Gasteiger partial charge < -0.3 is 4.74 Å². The second-order valence-electron chi connectivity index (χ2n) is 8.06. The minimum absolute atomic E-state index is 0.0322. The first-order valence-corrected chi connectivity index (χ1v) is 9.26. The molecule has 0 N–H and O–H groups in total. The SMILES string of the molecule is CC=C1CC2(CCC(C(C)(C)C)CC2)Oc2ccc(Br)cc21. The van der Waals surface area contributed by atoms with Crippen molar-refractivity contribution in [2.45, 2.75) is 65.4 Å². The van der Waals surface area contributed by atoms with Crippen LogP contribution in [0.25, 0.3) is 5.57 Å². The summed E-state index contributed by atoms with van der Waals surface area (Å²) in [6.07, 6.45) is 8.26. The molecule has 1 aliphatic carbocycles. The molecule has 2 heteroatoms. The molecule has 1 spiro atoms. The predicted molar refractivity (Wildman–Crippen MR) is 97.2 cm³/mol. The maximum absolute atomic E-state index is 6.55. The second kappa shape index (κ2) is 5.70. The molecule has 1 aromatic carbocycles. The lowest BCUT2D eigenvalue weighted by molar-refractivity contribution is -0.00399. The molecule has 0 unspecified atom stereocenters. The second-order valence-corrected chi connectivity index (χ2v) is 8.97. The molecule has 3 rings (SSSR count). The Hall–Kier alpha value is -0.760. The first kappa shape index (κ1) is 16.1. The zero-order chi connectivity index (χ0) is 16.0. The fraction of sp³-hybridized carbons (Fsp3) is 0.600. The van der Waals surface area contributed by atoms with Gasteiger partial charge in [0.25, 0.3) is 0 Å². The van der Waals surface area contributed by atoms with Crippen molar-refractivity contribution in [2.75, 3.05) is 0 Å². The fourth-order valence-electron chi connectivity index (χ4n) is 4.10. The Morgan fingerprint density at radius 1 is 1.23 bits per heavy atom. The summed E-state index contributed by atoms with van der Waals surface area (Å²) in [5.74, 6) is 1.89. The molecule has 1 heterocycles. The van der Waals surface area contributed by atoms with Gasteiger partial charge >= 0.3 is 0 Å². The van der Waals surface area contributed by atoms with Gasteiger partial charge in [-0.25, -0.2) is 0 Å². The molecule has 1 nitrogen and oxygen atoms in total. The summed E-state index contributed by atoms with van der Waals surface area (Å²) in [5.41, 5.74) is 3.16. The number of halogens is 1. The summed E-state index contributed by atoms with van der Waals surface area (Å²) in [5, 5.41) is 0. The molecule has 0 bridgehead atoms. The topological polar surface area (TPSA) is 9.23 Å². The molecule has 120 valence electrons. The summed E-state index contributed by atoms with van der Waals surface area (Å²) in [7, 11) is 0. The Bertz CT molecular complexity index is 586. The van der Waals surface area contributed by atoms with E-state index in [9.17, 15) is 0 Å². The quantitative estimate of drug-likeness (QED) is 0.504. The normalized spacial score (nSPS) is 30.2. The smallest absolute Gasteiger partial charge is 0.127 e. The lowest BCUT2D eigenvalue weighted by Gasteiger charge is -2.47. The van der Waals surface area contributed by atoms with Crippen molar-refractivity contribution in [3.63, 3.8) is 0 Å². The fourth-order valence-corrected chi connectivity index (χ4v) is 4.46. The van der Waals surface area contributed by atoms with E-state index < -0.39 is 0 Å². The van der Waals surface area contributed by atoms with Gasteiger partial charge in [-0.2, -0.15) is 0 Å². The third kappa shape index (κ3) is 2.99. The average molecular weight is 363 g/mol. The van der Waals surface area contributed by atoms with Crippen LogP contribution >= 0.6 is 15.9 Å². The molecule has 0 radical (unpaired) electrons. The van der Waals surface area contributed by atoms with Crippen molar-refractivity contribution >= 4 is 21.5 Å². The van der Waals surface area contributed by atoms with E-state index in [2.05, 4.69) is 67.9 Å². The Labute approximate surface area is 143 Å². The third-order valence-electron chi connectivity index (χ3n) is 5.60. The molecule has 1 fully saturated rings. The lowest BCUT2D eigenvalue weighted by Crippen LogP contribution is -2.44. The number of fused-ring (bicyclic) bond motifs is 1. The molecule has 0 aromatic heterocycles. The van der Waals surface area contributed by atoms with Gasteiger partial charge in [0.15, 0.2) is 0 Å². The number of hydrogen-bond donors (Lipinski definition) is 0. The predicted octanol–water partition coefficient (Wildman–Crippen LogP) is 6.61.